The van der Waals surface area contributed by atoms with Crippen LogP contribution < -0.4 is 14.5 Å². The highest BCUT2D eigenvalue weighted by Crippen LogP contribution is 2.50. The monoisotopic (exact) mass is 814 g/mol. The summed E-state index contributed by atoms with van der Waals surface area (Å²) in [6.07, 6.45) is 0. The maximum atomic E-state index is 7.02. The Morgan fingerprint density at radius 2 is 1.05 bits per heavy atom. The Kier molecular flexibility index (Phi) is 9.89. The molecule has 0 amide bonds. The van der Waals surface area contributed by atoms with E-state index in [4.69, 9.17) is 9.72 Å². The zero-order valence-corrected chi connectivity index (χ0v) is 39.6. The minimum absolute atomic E-state index is 0.00362. The third kappa shape index (κ3) is 7.83. The molecule has 0 unspecified atom stereocenters. The SMILES string of the molecule is Cc1cccc2nc(-n3c4ccccc4c4ccc(Oc5cc(N6CN(c7cc(C(C)(C)C)cc(C(C)(C)C)c7)C(C(C)(C)C)=C6C(C)(C)C)cc(C(C)(C)C)c5)cc43)[nH]c12. The molecule has 5 aromatic carbocycles. The zero-order valence-electron chi connectivity index (χ0n) is 39.6. The number of H-pyrrole nitrogens is 1. The summed E-state index contributed by atoms with van der Waals surface area (Å²) in [7, 11) is 0. The molecule has 7 aromatic rings. The number of para-hydroxylation sites is 2. The Hall–Kier alpha value is -5.49. The fraction of sp³-hybridized carbons (Fsp3) is 0.400. The predicted octanol–water partition coefficient (Wildman–Crippen LogP) is 15.2. The van der Waals surface area contributed by atoms with E-state index in [2.05, 4.69) is 227 Å². The molecule has 0 saturated heterocycles. The lowest BCUT2D eigenvalue weighted by Gasteiger charge is -2.35. The van der Waals surface area contributed by atoms with Crippen molar-refractivity contribution in [3.05, 3.63) is 131 Å². The van der Waals surface area contributed by atoms with E-state index in [9.17, 15) is 0 Å². The Morgan fingerprint density at radius 3 is 1.61 bits per heavy atom. The lowest BCUT2D eigenvalue weighted by Crippen LogP contribution is -2.32. The van der Waals surface area contributed by atoms with Gasteiger partial charge in [0.2, 0.25) is 5.95 Å². The van der Waals surface area contributed by atoms with Crippen LogP contribution in [0, 0.1) is 17.8 Å². The molecule has 0 aliphatic carbocycles. The molecule has 0 bridgehead atoms. The fourth-order valence-corrected chi connectivity index (χ4v) is 8.99. The fourth-order valence-electron chi connectivity index (χ4n) is 8.99. The van der Waals surface area contributed by atoms with Gasteiger partial charge in [-0.2, -0.15) is 0 Å². The van der Waals surface area contributed by atoms with Crippen LogP contribution in [0.4, 0.5) is 11.4 Å². The van der Waals surface area contributed by atoms with Crippen molar-refractivity contribution in [2.45, 2.75) is 127 Å². The number of rotatable bonds is 5. The quantitative estimate of drug-likeness (QED) is 0.188. The topological polar surface area (TPSA) is 49.3 Å². The van der Waals surface area contributed by atoms with Crippen LogP contribution in [-0.4, -0.2) is 21.2 Å². The largest absolute Gasteiger partial charge is 0.457 e. The second-order valence-corrected chi connectivity index (χ2v) is 22.6. The molecule has 0 spiro atoms. The number of hydrogen-bond donors (Lipinski definition) is 1. The predicted molar refractivity (Wildman–Crippen MR) is 260 cm³/mol. The van der Waals surface area contributed by atoms with Gasteiger partial charge in [-0.05, 0) is 94.0 Å². The average molecular weight is 814 g/mol. The van der Waals surface area contributed by atoms with E-state index in [1.807, 2.05) is 0 Å². The first kappa shape index (κ1) is 42.2. The van der Waals surface area contributed by atoms with Crippen molar-refractivity contribution in [3.8, 4) is 17.4 Å². The van der Waals surface area contributed by atoms with E-state index in [-0.39, 0.29) is 27.1 Å². The van der Waals surface area contributed by atoms with Gasteiger partial charge in [-0.3, -0.25) is 4.57 Å². The molecular weight excluding hydrogens is 747 g/mol. The van der Waals surface area contributed by atoms with Crippen LogP contribution in [-0.2, 0) is 16.2 Å². The van der Waals surface area contributed by atoms with Gasteiger partial charge in [0.15, 0.2) is 0 Å². The van der Waals surface area contributed by atoms with Crippen molar-refractivity contribution in [1.29, 1.82) is 0 Å². The molecule has 2 aromatic heterocycles. The van der Waals surface area contributed by atoms with Gasteiger partial charge < -0.3 is 19.5 Å². The molecule has 1 aliphatic heterocycles. The van der Waals surface area contributed by atoms with Crippen molar-refractivity contribution < 1.29 is 4.74 Å². The highest BCUT2D eigenvalue weighted by molar-refractivity contribution is 6.09. The summed E-state index contributed by atoms with van der Waals surface area (Å²) in [5.74, 6) is 2.39. The number of nitrogens with one attached hydrogen (secondary N) is 1. The molecule has 0 atom stereocenters. The molecule has 1 N–H and O–H groups in total. The molecule has 318 valence electrons. The smallest absolute Gasteiger partial charge is 0.213 e. The van der Waals surface area contributed by atoms with Crippen molar-refractivity contribution in [3.63, 3.8) is 0 Å². The van der Waals surface area contributed by atoms with Gasteiger partial charge in [0, 0.05) is 56.5 Å². The molecular formula is C55H67N5O. The number of anilines is 2. The Bertz CT molecular complexity index is 2820. The van der Waals surface area contributed by atoms with Crippen molar-refractivity contribution in [2.24, 2.45) is 10.8 Å². The first-order valence-electron chi connectivity index (χ1n) is 22.1. The van der Waals surface area contributed by atoms with Crippen LogP contribution in [0.2, 0.25) is 0 Å². The summed E-state index contributed by atoms with van der Waals surface area (Å²) in [4.78, 5) is 13.9. The van der Waals surface area contributed by atoms with Crippen LogP contribution in [0.3, 0.4) is 0 Å². The number of aromatic nitrogens is 3. The normalized spacial score (nSPS) is 14.7. The summed E-state index contributed by atoms with van der Waals surface area (Å²) in [5, 5.41) is 2.33. The lowest BCUT2D eigenvalue weighted by molar-refractivity contribution is 0.444. The third-order valence-corrected chi connectivity index (χ3v) is 12.3. The molecule has 0 fully saturated rings. The van der Waals surface area contributed by atoms with E-state index < -0.39 is 0 Å². The summed E-state index contributed by atoms with van der Waals surface area (Å²) in [6.45, 7) is 37.8. The van der Waals surface area contributed by atoms with Gasteiger partial charge in [-0.25, -0.2) is 4.98 Å². The number of nitrogens with zero attached hydrogens (tertiary/aromatic N) is 4. The molecule has 3 heterocycles. The maximum absolute atomic E-state index is 7.02. The van der Waals surface area contributed by atoms with Crippen molar-refractivity contribution in [2.75, 3.05) is 16.5 Å². The molecule has 1 aliphatic rings. The summed E-state index contributed by atoms with van der Waals surface area (Å²) < 4.78 is 9.26. The van der Waals surface area contributed by atoms with Crippen LogP contribution in [0.5, 0.6) is 11.5 Å². The number of aromatic amines is 1. The van der Waals surface area contributed by atoms with Gasteiger partial charge in [-0.15, -0.1) is 0 Å². The Balaban J connectivity index is 1.28. The van der Waals surface area contributed by atoms with Gasteiger partial charge >= 0.3 is 0 Å². The second kappa shape index (κ2) is 14.3. The highest BCUT2D eigenvalue weighted by atomic mass is 16.5. The number of ether oxygens (including phenoxy) is 1. The minimum Gasteiger partial charge on any atom is -0.457 e. The van der Waals surface area contributed by atoms with E-state index in [1.54, 1.807) is 0 Å². The van der Waals surface area contributed by atoms with Crippen LogP contribution in [0.1, 0.15) is 126 Å². The molecule has 6 heteroatoms. The standard InChI is InChI=1S/C55H67N5O/c1-34-20-19-22-44-47(34)57-50(56-44)60-45-23-18-17-21-42(45)43-25-24-40(32-46(43)60)61-41-30-37(53(8,9)10)29-39(31-41)59-33-58(48(54(11,12)13)49(59)55(14,15)16)38-27-35(51(2,3)4)26-36(28-38)52(5,6)7/h17-32H,33H2,1-16H3,(H,56,57). The van der Waals surface area contributed by atoms with E-state index in [1.165, 1.54) is 44.7 Å². The number of allylic oxidation sites excluding steroid dienone is 2. The third-order valence-electron chi connectivity index (χ3n) is 12.3. The van der Waals surface area contributed by atoms with Gasteiger partial charge in [0.25, 0.3) is 0 Å². The second-order valence-electron chi connectivity index (χ2n) is 22.6. The van der Waals surface area contributed by atoms with E-state index in [0.29, 0.717) is 6.67 Å². The van der Waals surface area contributed by atoms with Gasteiger partial charge in [0.05, 0.1) is 28.7 Å². The number of benzene rings is 5. The Morgan fingerprint density at radius 1 is 0.508 bits per heavy atom. The van der Waals surface area contributed by atoms with Crippen LogP contribution in [0.15, 0.2) is 108 Å². The summed E-state index contributed by atoms with van der Waals surface area (Å²) in [5.41, 5.74) is 13.9. The minimum atomic E-state index is -0.155. The summed E-state index contributed by atoms with van der Waals surface area (Å²) >= 11 is 0. The van der Waals surface area contributed by atoms with Crippen molar-refractivity contribution >= 4 is 44.2 Å². The first-order chi connectivity index (χ1) is 28.3. The molecule has 61 heavy (non-hydrogen) atoms. The maximum Gasteiger partial charge on any atom is 0.213 e. The molecule has 0 radical (unpaired) electrons. The van der Waals surface area contributed by atoms with Crippen LogP contribution in [0.25, 0.3) is 38.8 Å². The van der Waals surface area contributed by atoms with E-state index in [0.717, 1.165) is 50.6 Å². The van der Waals surface area contributed by atoms with E-state index >= 15 is 0 Å². The molecule has 0 saturated carbocycles. The van der Waals surface area contributed by atoms with Crippen LogP contribution >= 0.6 is 0 Å². The zero-order chi connectivity index (χ0) is 44.2. The number of aryl methyl sites for hydroxylation is 1. The molecule has 6 nitrogen and oxygen atoms in total. The highest BCUT2D eigenvalue weighted by Gasteiger charge is 2.42. The lowest BCUT2D eigenvalue weighted by atomic mass is 9.79. The number of fused-ring (bicyclic) bond motifs is 4. The summed E-state index contributed by atoms with van der Waals surface area (Å²) in [6, 6.07) is 35.5. The average Bonchev–Trinajstić information content (AvgIpc) is 3.86. The Labute approximate surface area is 364 Å². The molecule has 8 rings (SSSR count). The number of imidazole rings is 1. The number of hydrogen-bond acceptors (Lipinski definition) is 4. The first-order valence-corrected chi connectivity index (χ1v) is 22.1. The van der Waals surface area contributed by atoms with Gasteiger partial charge in [-0.1, -0.05) is 140 Å². The van der Waals surface area contributed by atoms with Crippen molar-refractivity contribution in [1.82, 2.24) is 14.5 Å². The van der Waals surface area contributed by atoms with Gasteiger partial charge in [0.1, 0.15) is 11.5 Å².